The molecule has 0 aromatic carbocycles. The Morgan fingerprint density at radius 3 is 2.88 bits per heavy atom. The van der Waals surface area contributed by atoms with Crippen LogP contribution in [0.2, 0.25) is 0 Å². The van der Waals surface area contributed by atoms with E-state index >= 15 is 0 Å². The maximum atomic E-state index is 4.69. The van der Waals surface area contributed by atoms with Crippen molar-refractivity contribution in [1.82, 2.24) is 5.16 Å². The highest BCUT2D eigenvalue weighted by Crippen LogP contribution is 1.82. The predicted molar refractivity (Wildman–Crippen MR) is 29.8 cm³/mol. The van der Waals surface area contributed by atoms with Crippen molar-refractivity contribution >= 4 is 12.2 Å². The first-order chi connectivity index (χ1) is 3.83. The van der Waals surface area contributed by atoms with E-state index in [4.69, 9.17) is 0 Å². The van der Waals surface area contributed by atoms with Crippen LogP contribution in [0.1, 0.15) is 12.7 Å². The summed E-state index contributed by atoms with van der Waals surface area (Å²) in [5.41, 5.74) is 0. The minimum atomic E-state index is 0.404. The molecule has 1 aromatic heterocycles. The van der Waals surface area contributed by atoms with Gasteiger partial charge in [-0.05, 0) is 0 Å². The standard InChI is InChI=1S/C4H6N2OS/c1-2-3-5-4(8)7-6-3/h2H2,1H3,(H,5,6,8)/p+1. The second-order valence-electron chi connectivity index (χ2n) is 1.45. The van der Waals surface area contributed by atoms with E-state index in [0.29, 0.717) is 4.84 Å². The fourth-order valence-electron chi connectivity index (χ4n) is 0.443. The number of hydrogen-bond acceptors (Lipinski definition) is 2. The third-order valence-electron chi connectivity index (χ3n) is 0.873. The van der Waals surface area contributed by atoms with Gasteiger partial charge in [-0.2, -0.15) is 4.98 Å². The first-order valence-electron chi connectivity index (χ1n) is 2.42. The van der Waals surface area contributed by atoms with Gasteiger partial charge in [-0.15, -0.1) is 0 Å². The maximum absolute atomic E-state index is 4.69. The molecule has 0 fully saturated rings. The molecular formula is C4H7N2OS+. The van der Waals surface area contributed by atoms with Crippen molar-refractivity contribution in [3.05, 3.63) is 10.7 Å². The third-order valence-corrected chi connectivity index (χ3v) is 1.06. The van der Waals surface area contributed by atoms with Crippen molar-refractivity contribution in [3.8, 4) is 0 Å². The first-order valence-corrected chi connectivity index (χ1v) is 2.83. The molecule has 0 atom stereocenters. The molecule has 1 heterocycles. The summed E-state index contributed by atoms with van der Waals surface area (Å²) in [6.07, 6.45) is 0.889. The Labute approximate surface area is 51.7 Å². The van der Waals surface area contributed by atoms with Gasteiger partial charge in [0, 0.05) is 18.6 Å². The smallest absolute Gasteiger partial charge is 0.247 e. The lowest BCUT2D eigenvalue weighted by Crippen LogP contribution is -2.05. The Morgan fingerprint density at radius 2 is 2.62 bits per heavy atom. The van der Waals surface area contributed by atoms with E-state index in [1.807, 2.05) is 6.92 Å². The molecule has 2 N–H and O–H groups in total. The molecule has 0 aliphatic rings. The van der Waals surface area contributed by atoms with Crippen molar-refractivity contribution in [2.75, 3.05) is 0 Å². The van der Waals surface area contributed by atoms with Crippen LogP contribution in [0.5, 0.6) is 0 Å². The SMILES string of the molecule is CCc1[nH]oc(=S)[nH+]1. The van der Waals surface area contributed by atoms with Gasteiger partial charge in [-0.1, -0.05) is 12.1 Å². The van der Waals surface area contributed by atoms with E-state index in [0.717, 1.165) is 12.2 Å². The average Bonchev–Trinajstić information content (AvgIpc) is 2.14. The van der Waals surface area contributed by atoms with Crippen molar-refractivity contribution in [2.24, 2.45) is 0 Å². The van der Waals surface area contributed by atoms with Gasteiger partial charge in [0.2, 0.25) is 0 Å². The molecule has 44 valence electrons. The lowest BCUT2D eigenvalue weighted by Gasteiger charge is -1.67. The molecule has 4 heteroatoms. The summed E-state index contributed by atoms with van der Waals surface area (Å²) in [4.78, 5) is 3.22. The molecule has 0 radical (unpaired) electrons. The zero-order valence-electron chi connectivity index (χ0n) is 4.52. The first kappa shape index (κ1) is 5.50. The summed E-state index contributed by atoms with van der Waals surface area (Å²) >= 11 is 4.65. The number of nitrogens with one attached hydrogen (secondary N) is 2. The van der Waals surface area contributed by atoms with E-state index in [2.05, 4.69) is 26.9 Å². The van der Waals surface area contributed by atoms with Crippen LogP contribution in [0.4, 0.5) is 0 Å². The van der Waals surface area contributed by atoms with Crippen LogP contribution in [0.15, 0.2) is 4.52 Å². The molecule has 1 aromatic rings. The quantitative estimate of drug-likeness (QED) is 0.570. The zero-order chi connectivity index (χ0) is 5.98. The molecule has 0 saturated carbocycles. The van der Waals surface area contributed by atoms with Gasteiger partial charge >= 0.3 is 4.84 Å². The second-order valence-corrected chi connectivity index (χ2v) is 1.82. The number of aromatic amines is 2. The van der Waals surface area contributed by atoms with Crippen molar-refractivity contribution in [3.63, 3.8) is 0 Å². The fourth-order valence-corrected chi connectivity index (χ4v) is 0.608. The van der Waals surface area contributed by atoms with Crippen molar-refractivity contribution in [1.29, 1.82) is 0 Å². The highest BCUT2D eigenvalue weighted by Gasteiger charge is 1.98. The molecule has 0 spiro atoms. The monoisotopic (exact) mass is 131 g/mol. The minimum absolute atomic E-state index is 0.404. The van der Waals surface area contributed by atoms with E-state index in [1.165, 1.54) is 0 Å². The average molecular weight is 131 g/mol. The highest BCUT2D eigenvalue weighted by molar-refractivity contribution is 7.71. The Hall–Kier alpha value is -0.640. The molecule has 0 aliphatic heterocycles. The van der Waals surface area contributed by atoms with Gasteiger partial charge in [0.15, 0.2) is 0 Å². The van der Waals surface area contributed by atoms with Crippen molar-refractivity contribution in [2.45, 2.75) is 13.3 Å². The van der Waals surface area contributed by atoms with E-state index in [1.54, 1.807) is 0 Å². The number of aryl methyl sites for hydroxylation is 1. The Bertz CT molecular complexity index is 214. The zero-order valence-corrected chi connectivity index (χ0v) is 5.34. The van der Waals surface area contributed by atoms with Gasteiger partial charge < -0.3 is 0 Å². The molecule has 3 nitrogen and oxygen atoms in total. The largest absolute Gasteiger partial charge is 0.400 e. The molecule has 0 unspecified atom stereocenters. The molecular weight excluding hydrogens is 124 g/mol. The fraction of sp³-hybridized carbons (Fsp3) is 0.500. The van der Waals surface area contributed by atoms with Crippen molar-refractivity contribution < 1.29 is 9.51 Å². The van der Waals surface area contributed by atoms with Crippen LogP contribution in [-0.4, -0.2) is 5.16 Å². The van der Waals surface area contributed by atoms with Gasteiger partial charge in [-0.3, -0.25) is 0 Å². The summed E-state index contributed by atoms with van der Waals surface area (Å²) in [5.74, 6) is 0.926. The summed E-state index contributed by atoms with van der Waals surface area (Å²) in [7, 11) is 0. The molecule has 0 bridgehead atoms. The number of H-pyrrole nitrogens is 2. The lowest BCUT2D eigenvalue weighted by atomic mass is 10.5. The van der Waals surface area contributed by atoms with Crippen LogP contribution >= 0.6 is 12.2 Å². The third kappa shape index (κ3) is 0.949. The summed E-state index contributed by atoms with van der Waals surface area (Å²) < 4.78 is 4.69. The number of aromatic nitrogens is 2. The normalized spacial score (nSPS) is 9.62. The summed E-state index contributed by atoms with van der Waals surface area (Å²) in [6.45, 7) is 2.01. The van der Waals surface area contributed by atoms with Crippen LogP contribution in [-0.2, 0) is 6.42 Å². The number of rotatable bonds is 1. The maximum Gasteiger partial charge on any atom is 0.400 e. The van der Waals surface area contributed by atoms with E-state index in [9.17, 15) is 0 Å². The summed E-state index contributed by atoms with van der Waals surface area (Å²) in [6, 6.07) is 0. The lowest BCUT2D eigenvalue weighted by molar-refractivity contribution is -0.404. The Kier molecular flexibility index (Phi) is 1.43. The minimum Gasteiger partial charge on any atom is -0.247 e. The Balaban J connectivity index is 3.01. The van der Waals surface area contributed by atoms with Crippen LogP contribution in [0, 0.1) is 4.84 Å². The topological polar surface area (TPSA) is 43.1 Å². The van der Waals surface area contributed by atoms with Crippen LogP contribution < -0.4 is 4.98 Å². The second kappa shape index (κ2) is 2.09. The molecule has 8 heavy (non-hydrogen) atoms. The van der Waals surface area contributed by atoms with E-state index in [-0.39, 0.29) is 0 Å². The molecule has 1 rings (SSSR count). The summed E-state index contributed by atoms with van der Waals surface area (Å²) in [5, 5.41) is 2.62. The van der Waals surface area contributed by atoms with Gasteiger partial charge in [0.05, 0.1) is 0 Å². The Morgan fingerprint density at radius 1 is 1.88 bits per heavy atom. The molecule has 0 aliphatic carbocycles. The van der Waals surface area contributed by atoms with Crippen LogP contribution in [0.25, 0.3) is 0 Å². The van der Waals surface area contributed by atoms with Gasteiger partial charge in [0.1, 0.15) is 0 Å². The molecule has 0 saturated heterocycles. The van der Waals surface area contributed by atoms with Gasteiger partial charge in [-0.25, -0.2) is 4.52 Å². The van der Waals surface area contributed by atoms with E-state index < -0.39 is 0 Å². The van der Waals surface area contributed by atoms with Gasteiger partial charge in [0.25, 0.3) is 5.82 Å². The number of hydrogen-bond donors (Lipinski definition) is 1. The van der Waals surface area contributed by atoms with Crippen LogP contribution in [0.3, 0.4) is 0 Å². The highest BCUT2D eigenvalue weighted by atomic mass is 32.1. The predicted octanol–water partition coefficient (Wildman–Crippen LogP) is 0.714. The molecule has 0 amide bonds.